The third-order valence-corrected chi connectivity index (χ3v) is 5.08. The smallest absolute Gasteiger partial charge is 0.242 e. The molecule has 1 aromatic carbocycles. The van der Waals surface area contributed by atoms with E-state index in [1.807, 2.05) is 0 Å². The molecule has 0 radical (unpaired) electrons. The Kier molecular flexibility index (Phi) is 5.43. The quantitative estimate of drug-likeness (QED) is 0.850. The van der Waals surface area contributed by atoms with Gasteiger partial charge in [0.25, 0.3) is 0 Å². The van der Waals surface area contributed by atoms with Crippen molar-refractivity contribution in [1.29, 1.82) is 0 Å². The molecule has 1 rings (SSSR count). The second kappa shape index (κ2) is 6.21. The highest BCUT2D eigenvalue weighted by molar-refractivity contribution is 7.89. The molecule has 0 heterocycles. The Morgan fingerprint density at radius 2 is 1.94 bits per heavy atom. The topological polar surface area (TPSA) is 55.4 Å². The molecule has 0 aliphatic heterocycles. The van der Waals surface area contributed by atoms with Gasteiger partial charge in [-0.25, -0.2) is 13.1 Å². The lowest BCUT2D eigenvalue weighted by molar-refractivity contribution is 0.204. The fourth-order valence-corrected chi connectivity index (χ4v) is 3.71. The van der Waals surface area contributed by atoms with Crippen LogP contribution in [0, 0.1) is 13.8 Å². The van der Waals surface area contributed by atoms with Crippen LogP contribution in [0.1, 0.15) is 11.1 Å². The van der Waals surface area contributed by atoms with E-state index in [4.69, 9.17) is 27.9 Å². The molecular weight excluding hydrogens is 297 g/mol. The standard InChI is InChI=1S/C11H15Cl2NO3S/c1-7-6-9(12)8(2)11(10(7)13)18(15,16)14-4-5-17-3/h6,14H,4-5H2,1-3H3. The van der Waals surface area contributed by atoms with Crippen molar-refractivity contribution < 1.29 is 13.2 Å². The van der Waals surface area contributed by atoms with E-state index < -0.39 is 10.0 Å². The minimum atomic E-state index is -3.69. The molecule has 0 bridgehead atoms. The fraction of sp³-hybridized carbons (Fsp3) is 0.455. The number of halogens is 2. The predicted molar refractivity (Wildman–Crippen MR) is 73.0 cm³/mol. The maximum absolute atomic E-state index is 12.1. The molecule has 0 unspecified atom stereocenters. The lowest BCUT2D eigenvalue weighted by atomic mass is 10.2. The number of rotatable bonds is 5. The SMILES string of the molecule is COCCNS(=O)(=O)c1c(C)c(Cl)cc(C)c1Cl. The van der Waals surface area contributed by atoms with Gasteiger partial charge in [-0.2, -0.15) is 0 Å². The van der Waals surface area contributed by atoms with Crippen LogP contribution in [-0.4, -0.2) is 28.7 Å². The van der Waals surface area contributed by atoms with E-state index in [0.29, 0.717) is 16.1 Å². The molecule has 102 valence electrons. The number of benzene rings is 1. The molecule has 0 aliphatic carbocycles. The highest BCUT2D eigenvalue weighted by atomic mass is 35.5. The third kappa shape index (κ3) is 3.36. The maximum Gasteiger partial charge on any atom is 0.242 e. The van der Waals surface area contributed by atoms with E-state index in [2.05, 4.69) is 4.72 Å². The number of ether oxygens (including phenoxy) is 1. The summed E-state index contributed by atoms with van der Waals surface area (Å²) in [5, 5.41) is 0.575. The molecule has 1 aromatic rings. The summed E-state index contributed by atoms with van der Waals surface area (Å²) in [6.45, 7) is 3.80. The zero-order chi connectivity index (χ0) is 13.9. The van der Waals surface area contributed by atoms with Crippen LogP contribution in [-0.2, 0) is 14.8 Å². The molecule has 1 N–H and O–H groups in total. The van der Waals surface area contributed by atoms with E-state index >= 15 is 0 Å². The van der Waals surface area contributed by atoms with Gasteiger partial charge in [-0.1, -0.05) is 23.2 Å². The highest BCUT2D eigenvalue weighted by Gasteiger charge is 2.23. The molecule has 0 amide bonds. The Hall–Kier alpha value is -0.330. The van der Waals surface area contributed by atoms with Crippen molar-refractivity contribution >= 4 is 33.2 Å². The van der Waals surface area contributed by atoms with Gasteiger partial charge >= 0.3 is 0 Å². The van der Waals surface area contributed by atoms with Gasteiger partial charge in [0.15, 0.2) is 0 Å². The average Bonchev–Trinajstić information content (AvgIpc) is 2.26. The number of hydrogen-bond acceptors (Lipinski definition) is 3. The highest BCUT2D eigenvalue weighted by Crippen LogP contribution is 2.33. The summed E-state index contributed by atoms with van der Waals surface area (Å²) in [4.78, 5) is 0.0327. The minimum absolute atomic E-state index is 0.0327. The first-order valence-corrected chi connectivity index (χ1v) is 7.49. The van der Waals surface area contributed by atoms with Crippen LogP contribution in [0.3, 0.4) is 0 Å². The molecule has 0 aromatic heterocycles. The van der Waals surface area contributed by atoms with Crippen molar-refractivity contribution in [2.45, 2.75) is 18.7 Å². The van der Waals surface area contributed by atoms with Crippen molar-refractivity contribution in [1.82, 2.24) is 4.72 Å². The van der Waals surface area contributed by atoms with Gasteiger partial charge in [-0.3, -0.25) is 0 Å². The first-order chi connectivity index (χ1) is 8.31. The van der Waals surface area contributed by atoms with E-state index in [9.17, 15) is 8.42 Å². The molecule has 0 aliphatic rings. The normalized spacial score (nSPS) is 11.8. The van der Waals surface area contributed by atoms with E-state index in [1.165, 1.54) is 7.11 Å². The van der Waals surface area contributed by atoms with Crippen LogP contribution >= 0.6 is 23.2 Å². The number of sulfonamides is 1. The number of aryl methyl sites for hydroxylation is 1. The summed E-state index contributed by atoms with van der Waals surface area (Å²) in [7, 11) is -2.19. The van der Waals surface area contributed by atoms with Crippen molar-refractivity contribution in [2.75, 3.05) is 20.3 Å². The number of methoxy groups -OCH3 is 1. The van der Waals surface area contributed by atoms with Crippen molar-refractivity contribution in [3.8, 4) is 0 Å². The Bertz CT molecular complexity index is 517. The van der Waals surface area contributed by atoms with Gasteiger partial charge in [-0.15, -0.1) is 0 Å². The van der Waals surface area contributed by atoms with Crippen molar-refractivity contribution in [2.24, 2.45) is 0 Å². The Morgan fingerprint density at radius 1 is 1.33 bits per heavy atom. The monoisotopic (exact) mass is 311 g/mol. The predicted octanol–water partition coefficient (Wildman–Crippen LogP) is 2.53. The van der Waals surface area contributed by atoms with Crippen molar-refractivity contribution in [3.05, 3.63) is 27.2 Å². The van der Waals surface area contributed by atoms with Crippen LogP contribution < -0.4 is 4.72 Å². The van der Waals surface area contributed by atoms with Crippen molar-refractivity contribution in [3.63, 3.8) is 0 Å². The van der Waals surface area contributed by atoms with Gasteiger partial charge in [-0.05, 0) is 31.0 Å². The van der Waals surface area contributed by atoms with Gasteiger partial charge in [0.2, 0.25) is 10.0 Å². The lowest BCUT2D eigenvalue weighted by Gasteiger charge is -2.13. The molecule has 18 heavy (non-hydrogen) atoms. The molecule has 0 fully saturated rings. The largest absolute Gasteiger partial charge is 0.383 e. The molecule has 7 heteroatoms. The molecule has 0 saturated carbocycles. The zero-order valence-corrected chi connectivity index (χ0v) is 12.7. The lowest BCUT2D eigenvalue weighted by Crippen LogP contribution is -2.28. The van der Waals surface area contributed by atoms with Crippen LogP contribution in [0.2, 0.25) is 10.0 Å². The zero-order valence-electron chi connectivity index (χ0n) is 10.4. The summed E-state index contributed by atoms with van der Waals surface area (Å²) in [6, 6.07) is 1.65. The average molecular weight is 312 g/mol. The molecule has 4 nitrogen and oxygen atoms in total. The summed E-state index contributed by atoms with van der Waals surface area (Å²) in [5.41, 5.74) is 1.07. The van der Waals surface area contributed by atoms with Crippen LogP contribution in [0.5, 0.6) is 0 Å². The van der Waals surface area contributed by atoms with Gasteiger partial charge < -0.3 is 4.74 Å². The Balaban J connectivity index is 3.24. The first-order valence-electron chi connectivity index (χ1n) is 5.25. The van der Waals surface area contributed by atoms with Gasteiger partial charge in [0.1, 0.15) is 4.90 Å². The molecule has 0 spiro atoms. The number of hydrogen-bond donors (Lipinski definition) is 1. The maximum atomic E-state index is 12.1. The summed E-state index contributed by atoms with van der Waals surface area (Å²) in [6.07, 6.45) is 0. The minimum Gasteiger partial charge on any atom is -0.383 e. The molecular formula is C11H15Cl2NO3S. The summed E-state index contributed by atoms with van der Waals surface area (Å²) in [5.74, 6) is 0. The van der Waals surface area contributed by atoms with E-state index in [0.717, 1.165) is 0 Å². The Labute approximate surface area is 117 Å². The Morgan fingerprint density at radius 3 is 2.50 bits per heavy atom. The molecule has 0 saturated heterocycles. The van der Waals surface area contributed by atoms with Crippen LogP contribution in [0.15, 0.2) is 11.0 Å². The summed E-state index contributed by atoms with van der Waals surface area (Å²) < 4.78 is 31.5. The van der Waals surface area contributed by atoms with E-state index in [1.54, 1.807) is 19.9 Å². The molecule has 0 atom stereocenters. The van der Waals surface area contributed by atoms with Gasteiger partial charge in [0, 0.05) is 18.7 Å². The number of nitrogens with one attached hydrogen (secondary N) is 1. The summed E-state index contributed by atoms with van der Waals surface area (Å²) >= 11 is 12.0. The van der Waals surface area contributed by atoms with Gasteiger partial charge in [0.05, 0.1) is 11.6 Å². The second-order valence-corrected chi connectivity index (χ2v) is 6.32. The first kappa shape index (κ1) is 15.7. The van der Waals surface area contributed by atoms with E-state index in [-0.39, 0.29) is 23.1 Å². The fourth-order valence-electron chi connectivity index (χ4n) is 1.48. The van der Waals surface area contributed by atoms with Crippen LogP contribution in [0.25, 0.3) is 0 Å². The third-order valence-electron chi connectivity index (χ3n) is 2.45. The second-order valence-electron chi connectivity index (χ2n) is 3.83. The van der Waals surface area contributed by atoms with Crippen LogP contribution in [0.4, 0.5) is 0 Å².